The minimum Gasteiger partial charge on any atom is -0.487 e. The predicted molar refractivity (Wildman–Crippen MR) is 123 cm³/mol. The molecule has 0 fully saturated rings. The number of amides is 1. The van der Waals surface area contributed by atoms with Crippen molar-refractivity contribution in [2.24, 2.45) is 0 Å². The smallest absolute Gasteiger partial charge is 0.230 e. The van der Waals surface area contributed by atoms with Gasteiger partial charge >= 0.3 is 0 Å². The van der Waals surface area contributed by atoms with E-state index in [4.69, 9.17) is 16.3 Å². The van der Waals surface area contributed by atoms with E-state index in [0.29, 0.717) is 23.1 Å². The summed E-state index contributed by atoms with van der Waals surface area (Å²) in [6.45, 7) is 0.428. The van der Waals surface area contributed by atoms with Crippen molar-refractivity contribution in [3.8, 4) is 16.9 Å². The van der Waals surface area contributed by atoms with Crippen LogP contribution >= 0.6 is 23.4 Å². The van der Waals surface area contributed by atoms with Gasteiger partial charge in [0.1, 0.15) is 11.9 Å². The Morgan fingerprint density at radius 3 is 2.97 bits per heavy atom. The van der Waals surface area contributed by atoms with Crippen LogP contribution in [-0.4, -0.2) is 39.3 Å². The number of thioether (sulfide) groups is 1. The van der Waals surface area contributed by atoms with Crippen LogP contribution in [0.4, 0.5) is 0 Å². The number of hydrogen-bond donors (Lipinski definition) is 2. The number of hydrogen-bond acceptors (Lipinski definition) is 5. The average Bonchev–Trinajstić information content (AvgIpc) is 3.42. The summed E-state index contributed by atoms with van der Waals surface area (Å²) in [7, 11) is 0. The first kappa shape index (κ1) is 19.9. The molecule has 2 N–H and O–H groups in total. The van der Waals surface area contributed by atoms with Crippen molar-refractivity contribution in [1.29, 1.82) is 0 Å². The Kier molecular flexibility index (Phi) is 5.53. The van der Waals surface area contributed by atoms with Gasteiger partial charge in [-0.05, 0) is 47.3 Å². The Balaban J connectivity index is 1.26. The molecule has 4 aromatic rings. The van der Waals surface area contributed by atoms with Gasteiger partial charge in [0, 0.05) is 46.7 Å². The van der Waals surface area contributed by atoms with E-state index in [1.807, 2.05) is 24.4 Å². The highest BCUT2D eigenvalue weighted by molar-refractivity contribution is 7.99. The Labute approximate surface area is 188 Å². The second-order valence-electron chi connectivity index (χ2n) is 7.29. The number of H-pyrrole nitrogens is 1. The van der Waals surface area contributed by atoms with Crippen molar-refractivity contribution in [2.75, 3.05) is 12.3 Å². The van der Waals surface area contributed by atoms with Gasteiger partial charge in [-0.1, -0.05) is 29.4 Å². The van der Waals surface area contributed by atoms with Crippen LogP contribution in [0.3, 0.4) is 0 Å². The number of fused-ring (bicyclic) bond motifs is 2. The molecule has 0 radical (unpaired) electrons. The third-order valence-corrected chi connectivity index (χ3v) is 6.22. The van der Waals surface area contributed by atoms with Crippen LogP contribution < -0.4 is 10.1 Å². The summed E-state index contributed by atoms with van der Waals surface area (Å²) in [5.41, 5.74) is 4.16. The van der Waals surface area contributed by atoms with E-state index >= 15 is 0 Å². The van der Waals surface area contributed by atoms with Crippen molar-refractivity contribution in [2.45, 2.75) is 17.7 Å². The summed E-state index contributed by atoms with van der Waals surface area (Å²) in [5.74, 6) is 1.02. The van der Waals surface area contributed by atoms with Crippen LogP contribution in [0.5, 0.6) is 5.75 Å². The van der Waals surface area contributed by atoms with E-state index in [2.05, 4.69) is 38.5 Å². The van der Waals surface area contributed by atoms with Gasteiger partial charge in [0.2, 0.25) is 5.91 Å². The molecule has 1 amide bonds. The van der Waals surface area contributed by atoms with E-state index < -0.39 is 0 Å². The summed E-state index contributed by atoms with van der Waals surface area (Å²) >= 11 is 7.71. The molecule has 31 heavy (non-hydrogen) atoms. The molecule has 2 aromatic carbocycles. The Bertz CT molecular complexity index is 1250. The van der Waals surface area contributed by atoms with Gasteiger partial charge in [0.15, 0.2) is 5.16 Å². The second kappa shape index (κ2) is 8.61. The van der Waals surface area contributed by atoms with Crippen molar-refractivity contribution in [3.63, 3.8) is 0 Å². The molecule has 1 aliphatic heterocycles. The second-order valence-corrected chi connectivity index (χ2v) is 8.67. The van der Waals surface area contributed by atoms with Crippen LogP contribution in [0, 0.1) is 0 Å². The summed E-state index contributed by atoms with van der Waals surface area (Å²) in [6, 6.07) is 13.9. The fraction of sp³-hybridized carbons (Fsp3) is 0.174. The lowest BCUT2D eigenvalue weighted by molar-refractivity contribution is -0.118. The Morgan fingerprint density at radius 2 is 2.10 bits per heavy atom. The minimum absolute atomic E-state index is 0.0758. The van der Waals surface area contributed by atoms with Gasteiger partial charge in [0.25, 0.3) is 0 Å². The number of rotatable bonds is 6. The number of nitrogens with zero attached hydrogens (tertiary/aromatic N) is 2. The average molecular weight is 451 g/mol. The molecule has 156 valence electrons. The number of aromatic amines is 1. The van der Waals surface area contributed by atoms with E-state index in [0.717, 1.165) is 33.3 Å². The van der Waals surface area contributed by atoms with Crippen LogP contribution in [0.2, 0.25) is 5.02 Å². The number of carbonyl (C=O) groups is 1. The molecule has 0 saturated heterocycles. The molecule has 0 saturated carbocycles. The van der Waals surface area contributed by atoms with Crippen molar-refractivity contribution in [1.82, 2.24) is 20.3 Å². The first-order valence-corrected chi connectivity index (χ1v) is 11.3. The third-order valence-electron chi connectivity index (χ3n) is 5.13. The fourth-order valence-electron chi connectivity index (χ4n) is 3.71. The third kappa shape index (κ3) is 4.38. The number of halogens is 1. The molecule has 0 spiro atoms. The van der Waals surface area contributed by atoms with Gasteiger partial charge < -0.3 is 15.0 Å². The number of ether oxygens (including phenoxy) is 1. The maximum atomic E-state index is 12.2. The van der Waals surface area contributed by atoms with E-state index in [1.54, 1.807) is 18.5 Å². The van der Waals surface area contributed by atoms with Crippen molar-refractivity contribution in [3.05, 3.63) is 71.6 Å². The maximum Gasteiger partial charge on any atom is 0.230 e. The van der Waals surface area contributed by atoms with Crippen molar-refractivity contribution < 1.29 is 9.53 Å². The molecule has 3 heterocycles. The number of benzene rings is 2. The van der Waals surface area contributed by atoms with Gasteiger partial charge in [0.05, 0.1) is 12.3 Å². The van der Waals surface area contributed by atoms with Crippen molar-refractivity contribution >= 4 is 40.2 Å². The molecule has 0 bridgehead atoms. The van der Waals surface area contributed by atoms with E-state index in [-0.39, 0.29) is 17.8 Å². The molecule has 6 nitrogen and oxygen atoms in total. The number of aromatic nitrogens is 3. The maximum absolute atomic E-state index is 12.2. The van der Waals surface area contributed by atoms with E-state index in [1.165, 1.54) is 11.8 Å². The molecular weight excluding hydrogens is 432 g/mol. The van der Waals surface area contributed by atoms with Crippen LogP contribution in [0.25, 0.3) is 22.0 Å². The topological polar surface area (TPSA) is 79.9 Å². The quantitative estimate of drug-likeness (QED) is 0.334. The molecule has 2 aromatic heterocycles. The fourth-order valence-corrected chi connectivity index (χ4v) is 4.59. The lowest BCUT2D eigenvalue weighted by Crippen LogP contribution is -2.35. The lowest BCUT2D eigenvalue weighted by Gasteiger charge is -2.14. The zero-order valence-electron chi connectivity index (χ0n) is 16.5. The van der Waals surface area contributed by atoms with Crippen LogP contribution in [-0.2, 0) is 11.2 Å². The first-order valence-electron chi connectivity index (χ1n) is 9.89. The van der Waals surface area contributed by atoms with Gasteiger partial charge in [-0.15, -0.1) is 0 Å². The standard InChI is InChI=1S/C23H19ClN4O2S/c24-17-9-16-10-18(12-28-21(29)13-31-23-26-5-1-6-27-23)30-22(16)19(11-17)14-2-3-20-15(8-14)4-7-25-20/h1-9,11,18,25H,10,12-13H2,(H,28,29)/t18-/m0/s1. The predicted octanol–water partition coefficient (Wildman–Crippen LogP) is 4.49. The molecule has 1 atom stereocenters. The largest absolute Gasteiger partial charge is 0.487 e. The van der Waals surface area contributed by atoms with Crippen LogP contribution in [0.15, 0.2) is 66.2 Å². The molecule has 1 aliphatic rings. The van der Waals surface area contributed by atoms with Crippen LogP contribution in [0.1, 0.15) is 5.56 Å². The zero-order valence-corrected chi connectivity index (χ0v) is 18.0. The molecule has 5 rings (SSSR count). The Hall–Kier alpha value is -3.03. The SMILES string of the molecule is O=C(CSc1ncccn1)NC[C@@H]1Cc2cc(Cl)cc(-c3ccc4[nH]ccc4c3)c2O1. The molecular formula is C23H19ClN4O2S. The lowest BCUT2D eigenvalue weighted by atomic mass is 9.99. The Morgan fingerprint density at radius 1 is 1.23 bits per heavy atom. The van der Waals surface area contributed by atoms with Gasteiger partial charge in [-0.25, -0.2) is 9.97 Å². The minimum atomic E-state index is -0.134. The van der Waals surface area contributed by atoms with E-state index in [9.17, 15) is 4.79 Å². The summed E-state index contributed by atoms with van der Waals surface area (Å²) < 4.78 is 6.24. The number of carbonyl (C=O) groups excluding carboxylic acids is 1. The normalized spacial score (nSPS) is 14.9. The number of nitrogens with one attached hydrogen (secondary N) is 2. The highest BCUT2D eigenvalue weighted by atomic mass is 35.5. The first-order chi connectivity index (χ1) is 15.2. The molecule has 0 unspecified atom stereocenters. The zero-order chi connectivity index (χ0) is 21.2. The van der Waals surface area contributed by atoms with Gasteiger partial charge in [-0.2, -0.15) is 0 Å². The van der Waals surface area contributed by atoms with Gasteiger partial charge in [-0.3, -0.25) is 4.79 Å². The highest BCUT2D eigenvalue weighted by Gasteiger charge is 2.27. The molecule has 0 aliphatic carbocycles. The molecule has 8 heteroatoms. The highest BCUT2D eigenvalue weighted by Crippen LogP contribution is 2.41. The monoisotopic (exact) mass is 450 g/mol. The summed E-state index contributed by atoms with van der Waals surface area (Å²) in [6.07, 6.45) is 5.81. The summed E-state index contributed by atoms with van der Waals surface area (Å²) in [4.78, 5) is 23.7. The summed E-state index contributed by atoms with van der Waals surface area (Å²) in [5, 5.41) is 5.34.